The van der Waals surface area contributed by atoms with E-state index in [1.54, 1.807) is 6.08 Å². The molecule has 716 valence electrons. The predicted molar refractivity (Wildman–Crippen MR) is 462 cm³/mol. The molecule has 0 saturated carbocycles. The van der Waals surface area contributed by atoms with Crippen molar-refractivity contribution in [3.8, 4) is 80.1 Å². The predicted octanol–water partition coefficient (Wildman–Crippen LogP) is 1.20. The number of hydrogen-bond donors (Lipinski definition) is 24. The van der Waals surface area contributed by atoms with Crippen molar-refractivity contribution in [2.45, 2.75) is 212 Å². The summed E-state index contributed by atoms with van der Waals surface area (Å²) in [6.45, 7) is -0.145. The van der Waals surface area contributed by atoms with E-state index >= 15 is 24.0 Å². The molecule has 0 spiro atoms. The lowest BCUT2D eigenvalue weighted by molar-refractivity contribution is -0.284. The summed E-state index contributed by atoms with van der Waals surface area (Å²) in [5.74, 6) is -19.2. The number of hydrogen-bond acceptors (Lipinski definition) is 33. The fraction of sp³-hybridized carbons (Fsp3) is 0.411. The van der Waals surface area contributed by atoms with Crippen LogP contribution in [0.2, 0.25) is 10.0 Å². The zero-order valence-corrected chi connectivity index (χ0v) is 72.8. The maximum Gasteiger partial charge on any atom is 0.330 e. The number of ether oxygens (including phenoxy) is 9. The number of carboxylic acids is 1. The lowest BCUT2D eigenvalue weighted by atomic mass is 9.89. The van der Waals surface area contributed by atoms with Crippen molar-refractivity contribution < 1.29 is 162 Å². The smallest absolute Gasteiger partial charge is 0.330 e. The molecule has 44 heteroatoms. The third kappa shape index (κ3) is 21.6. The highest BCUT2D eigenvalue weighted by Gasteiger charge is 2.52. The second kappa shape index (κ2) is 42.1. The largest absolute Gasteiger partial charge is 0.508 e. The van der Waals surface area contributed by atoms with Gasteiger partial charge in [-0.15, -0.1) is 0 Å². The SMILES string of the molecule is CCCCCC=CCCC(=O)NC1C(Oc2c3cc4cc2Oc2ccc(cc2Cl)C(OC2OC(CO)C(O)C(O)C2NC(C)=O)C2NC(=O)C(NC(=O)C4NC(=O)C4NC(=O)C(Cc5ccc(c(Cl)c5)O3)NC(=O)C(N)CCc3ccc(O)c(c3)Oc3cc(O)cc4c3)c3ccc(O)c(c3)-c3c(OC4OC(CO)C(O)C(O)C4O)cc(O)cc3C(C(=O)O)NC2=O)OC(CO)C(O)C1O. The number of fused-ring (bicyclic) bond motifs is 14. The fourth-order valence-corrected chi connectivity index (χ4v) is 17.0. The summed E-state index contributed by atoms with van der Waals surface area (Å²) in [7, 11) is 0. The molecule has 3 saturated heterocycles. The number of carbonyl (C=O) groups excluding carboxylic acids is 8. The fourth-order valence-electron chi connectivity index (χ4n) is 16.6. The summed E-state index contributed by atoms with van der Waals surface area (Å²) >= 11 is 14.8. The highest BCUT2D eigenvalue weighted by molar-refractivity contribution is 6.32. The number of aryl methyl sites for hydroxylation is 1. The molecule has 42 nitrogen and oxygen atoms in total. The van der Waals surface area contributed by atoms with Crippen molar-refractivity contribution in [3.05, 3.63) is 176 Å². The van der Waals surface area contributed by atoms with E-state index in [0.29, 0.717) is 12.0 Å². The average Bonchev–Trinajstić information content (AvgIpc) is 0.753. The number of aromatic hydroxyl groups is 4. The van der Waals surface area contributed by atoms with E-state index in [1.807, 2.05) is 13.0 Å². The number of aliphatic carboxylic acids is 1. The maximum absolute atomic E-state index is 17.1. The number of benzene rings is 7. The van der Waals surface area contributed by atoms with Crippen LogP contribution in [0.1, 0.15) is 128 Å². The van der Waals surface area contributed by atoms with Crippen molar-refractivity contribution >= 4 is 76.4 Å². The summed E-state index contributed by atoms with van der Waals surface area (Å²) in [6.07, 6.45) is -22.2. The molecule has 17 bridgehead atoms. The Balaban J connectivity index is 1.04. The molecule has 25 N–H and O–H groups in total. The van der Waals surface area contributed by atoms with Crippen LogP contribution >= 0.6 is 23.2 Å². The third-order valence-electron chi connectivity index (χ3n) is 23.6. The number of aliphatic hydroxyl groups is 10. The maximum atomic E-state index is 17.1. The quantitative estimate of drug-likeness (QED) is 0.0399. The topological polar surface area (TPSA) is 662 Å². The van der Waals surface area contributed by atoms with Crippen molar-refractivity contribution in [3.63, 3.8) is 0 Å². The van der Waals surface area contributed by atoms with E-state index in [1.165, 1.54) is 36.4 Å². The van der Waals surface area contributed by atoms with Crippen LogP contribution in [0.25, 0.3) is 11.1 Å². The van der Waals surface area contributed by atoms with Gasteiger partial charge in [0.15, 0.2) is 35.3 Å². The molecule has 0 aliphatic carbocycles. The highest BCUT2D eigenvalue weighted by Crippen LogP contribution is 2.51. The molecular formula is C90H99Cl2N9O33. The van der Waals surface area contributed by atoms with Crippen molar-refractivity contribution in [1.82, 2.24) is 42.5 Å². The minimum Gasteiger partial charge on any atom is -0.508 e. The Hall–Kier alpha value is -12.3. The highest BCUT2D eigenvalue weighted by atomic mass is 35.5. The van der Waals surface area contributed by atoms with E-state index in [0.717, 1.165) is 105 Å². The number of unbranched alkanes of at least 4 members (excludes halogenated alkanes) is 3. The van der Waals surface area contributed by atoms with Gasteiger partial charge in [-0.2, -0.15) is 0 Å². The Labute approximate surface area is 771 Å². The summed E-state index contributed by atoms with van der Waals surface area (Å²) < 4.78 is 57.6. The number of amides is 8. The van der Waals surface area contributed by atoms with Crippen LogP contribution in [0.15, 0.2) is 127 Å². The van der Waals surface area contributed by atoms with Crippen molar-refractivity contribution in [2.24, 2.45) is 5.73 Å². The number of carbonyl (C=O) groups is 9. The molecule has 0 radical (unpaired) electrons. The molecule has 23 atom stereocenters. The Bertz CT molecular complexity index is 5640. The van der Waals surface area contributed by atoms with Crippen LogP contribution in [0.4, 0.5) is 0 Å². The molecule has 8 amide bonds. The number of carboxylic acid groups (broad SMARTS) is 1. The van der Waals surface area contributed by atoms with Crippen molar-refractivity contribution in [2.75, 3.05) is 19.8 Å². The Morgan fingerprint density at radius 3 is 1.73 bits per heavy atom. The van der Waals surface area contributed by atoms with E-state index < -0.39 is 316 Å². The number of aliphatic hydroxyl groups excluding tert-OH is 10. The second-order valence-corrected chi connectivity index (χ2v) is 33.9. The van der Waals surface area contributed by atoms with Gasteiger partial charge in [-0.05, 0) is 144 Å². The number of nitrogens with two attached hydrogens (primary N) is 1. The van der Waals surface area contributed by atoms with Crippen LogP contribution in [0.3, 0.4) is 0 Å². The number of nitrogens with one attached hydrogen (secondary N) is 8. The van der Waals surface area contributed by atoms with Crippen LogP contribution in [-0.4, -0.2) is 260 Å². The van der Waals surface area contributed by atoms with Crippen LogP contribution in [-0.2, 0) is 74.9 Å². The summed E-state index contributed by atoms with van der Waals surface area (Å²) in [5, 5.41) is 191. The Kier molecular flexibility index (Phi) is 30.7. The van der Waals surface area contributed by atoms with E-state index in [4.69, 9.17) is 71.6 Å². The standard InChI is InChI=1S/C90H99Cl2N9O33/c1-3-4-5-6-7-8-9-10-63(110)96-70-76(115)73(112)61(34-103)131-89(70)134-80-58-28-42-29-59(80)128-55-20-15-40(27-49(55)92)79(133-88-69(94-36(2)105)75(114)72(111)60(33-102)130-88)71-86(123)100-68(87(124)125)47-31-44(107)32-57(129-90-78(117)77(116)74(113)62(35-104)132-90)64(47)46-26-39(14-18-52(46)108)65(83(120)101-71)98-85(122)67(42)99-84(121)66-41-24-43(106)30-45(25-41)126-56-23-37(12-17-53(56)109)11-16-50(93)81(118)95-51(82(119)97-66)22-38-13-19-54(127-58)48(91)21-38/h7-8,12-15,17-21,23-32,50-51,60-62,65-79,88-90,102-104,106-109,111-117H,3-6,9-11,16,22,33-35,93H2,1-2H3,(H,94,105)(H,95,118)(H,96,110)(H,97,119)(H,98,122)(H,99,121)(H,100,123)(H,101,120)(H,124,125). The van der Waals surface area contributed by atoms with Crippen molar-refractivity contribution in [1.29, 1.82) is 0 Å². The van der Waals surface area contributed by atoms with Gasteiger partial charge in [0.1, 0.15) is 150 Å². The molecule has 9 aliphatic rings. The number of phenols is 4. The molecule has 9 heterocycles. The summed E-state index contributed by atoms with van der Waals surface area (Å²) in [6, 6.07) is 1.62. The minimum absolute atomic E-state index is 0.0872. The molecule has 0 aromatic heterocycles. The van der Waals surface area contributed by atoms with E-state index in [-0.39, 0.29) is 53.5 Å². The van der Waals surface area contributed by atoms with Gasteiger partial charge in [-0.1, -0.05) is 79.4 Å². The second-order valence-electron chi connectivity index (χ2n) is 33.1. The molecule has 9 aliphatic heterocycles. The van der Waals surface area contributed by atoms with E-state index in [9.17, 15) is 95.8 Å². The number of rotatable bonds is 19. The van der Waals surface area contributed by atoms with Gasteiger partial charge in [0.25, 0.3) is 0 Å². The molecular weight excluding hydrogens is 1810 g/mol. The first kappa shape index (κ1) is 97.7. The van der Waals surface area contributed by atoms with E-state index in [2.05, 4.69) is 42.5 Å². The van der Waals surface area contributed by atoms with Gasteiger partial charge in [0, 0.05) is 48.6 Å². The first-order valence-corrected chi connectivity index (χ1v) is 43.5. The van der Waals surface area contributed by atoms with Crippen LogP contribution in [0.5, 0.6) is 69.0 Å². The summed E-state index contributed by atoms with van der Waals surface area (Å²) in [4.78, 5) is 139. The zero-order chi connectivity index (χ0) is 96.1. The summed E-state index contributed by atoms with van der Waals surface area (Å²) in [5.41, 5.74) is 3.22. The molecule has 3 fully saturated rings. The number of halogens is 2. The minimum atomic E-state index is -2.59. The van der Waals surface area contributed by atoms with Gasteiger partial charge in [0.2, 0.25) is 65.6 Å². The molecule has 16 rings (SSSR count). The van der Waals surface area contributed by atoms with Gasteiger partial charge >= 0.3 is 5.97 Å². The van der Waals surface area contributed by atoms with Gasteiger partial charge in [-0.3, -0.25) is 38.4 Å². The number of phenolic OH excluding ortho intramolecular Hbond substituents is 4. The molecule has 23 unspecified atom stereocenters. The van der Waals surface area contributed by atoms with Gasteiger partial charge in [-0.25, -0.2) is 4.79 Å². The third-order valence-corrected chi connectivity index (χ3v) is 24.2. The normalized spacial score (nSPS) is 28.8. The van der Waals surface area contributed by atoms with Crippen LogP contribution < -0.4 is 72.0 Å². The lowest BCUT2D eigenvalue weighted by Crippen LogP contribution is -2.65. The lowest BCUT2D eigenvalue weighted by Gasteiger charge is -2.44. The first-order chi connectivity index (χ1) is 64.0. The van der Waals surface area contributed by atoms with Gasteiger partial charge < -0.3 is 167 Å². The Morgan fingerprint density at radius 2 is 1.09 bits per heavy atom. The Morgan fingerprint density at radius 1 is 0.515 bits per heavy atom. The molecule has 134 heavy (non-hydrogen) atoms. The number of allylic oxidation sites excluding steroid dienone is 2. The zero-order valence-electron chi connectivity index (χ0n) is 71.3. The van der Waals surface area contributed by atoms with Gasteiger partial charge in [0.05, 0.1) is 35.9 Å². The molecule has 7 aromatic carbocycles. The molecule has 7 aromatic rings. The average molecular weight is 1910 g/mol. The monoisotopic (exact) mass is 1900 g/mol. The first-order valence-electron chi connectivity index (χ1n) is 42.7. The van der Waals surface area contributed by atoms with Crippen LogP contribution in [0, 0.1) is 0 Å².